The molecule has 0 aromatic rings. The molecule has 2 aliphatic heterocycles. The Labute approximate surface area is 193 Å². The molecule has 6 aliphatic rings. The van der Waals surface area contributed by atoms with E-state index >= 15 is 0 Å². The molecule has 6 rings (SSSR count). The molecule has 0 N–H and O–H groups in total. The van der Waals surface area contributed by atoms with Crippen LogP contribution in [0.4, 0.5) is 0 Å². The summed E-state index contributed by atoms with van der Waals surface area (Å²) < 4.78 is 0.900. The molecule has 162 valence electrons. The fourth-order valence-corrected chi connectivity index (χ4v) is 12.1. The topological polar surface area (TPSA) is 3.24 Å². The van der Waals surface area contributed by atoms with Gasteiger partial charge in [-0.15, -0.1) is 0 Å². The molecule has 2 heterocycles. The van der Waals surface area contributed by atoms with Gasteiger partial charge in [0, 0.05) is 22.6 Å². The van der Waals surface area contributed by atoms with Crippen molar-refractivity contribution in [2.24, 2.45) is 46.3 Å². The van der Waals surface area contributed by atoms with Crippen molar-refractivity contribution in [1.29, 1.82) is 0 Å². The summed E-state index contributed by atoms with van der Waals surface area (Å²) in [6.07, 6.45) is 16.0. The molecule has 1 nitrogen and oxygen atoms in total. The SMILES string of the molecule is CC1CCC2(C)C(=CCC3C2CCC2(C)C3CC3C2[C@H](I)C2CC[C@H](C)CN32)C1. The summed E-state index contributed by atoms with van der Waals surface area (Å²) in [6, 6.07) is 1.80. The zero-order valence-corrected chi connectivity index (χ0v) is 21.3. The van der Waals surface area contributed by atoms with Crippen LogP contribution in [-0.2, 0) is 0 Å². The number of nitrogens with zero attached hydrogens (tertiary/aromatic N) is 1. The highest BCUT2D eigenvalue weighted by atomic mass is 127. The predicted molar refractivity (Wildman–Crippen MR) is 130 cm³/mol. The molecule has 5 fully saturated rings. The molecule has 0 radical (unpaired) electrons. The predicted octanol–water partition coefficient (Wildman–Crippen LogP) is 7.10. The lowest BCUT2D eigenvalue weighted by molar-refractivity contribution is -0.0435. The third kappa shape index (κ3) is 2.66. The standard InChI is InChI=1S/C27H42IN/c1-16-9-11-26(3)18(13-16)6-7-19-20(26)10-12-27(4)21(19)14-23-24(27)25(28)22-8-5-17(2)15-29(22)23/h6,16-17,19-25H,5,7-15H2,1-4H3/t16?,17-,19?,20?,21?,22?,23?,24?,25+,26?,27?/m0/s1. The Bertz CT molecular complexity index is 715. The van der Waals surface area contributed by atoms with Crippen LogP contribution in [0, 0.1) is 46.3 Å². The quantitative estimate of drug-likeness (QED) is 0.192. The number of fused-ring (bicyclic) bond motifs is 9. The Morgan fingerprint density at radius 3 is 2.62 bits per heavy atom. The van der Waals surface area contributed by atoms with Crippen molar-refractivity contribution in [3.05, 3.63) is 11.6 Å². The maximum atomic E-state index is 3.04. The molecular weight excluding hydrogens is 465 g/mol. The van der Waals surface area contributed by atoms with Gasteiger partial charge in [-0.05, 0) is 104 Å². The minimum Gasteiger partial charge on any atom is -0.296 e. The van der Waals surface area contributed by atoms with Gasteiger partial charge in [0.15, 0.2) is 0 Å². The molecule has 3 saturated carbocycles. The van der Waals surface area contributed by atoms with Gasteiger partial charge in [0.05, 0.1) is 0 Å². The van der Waals surface area contributed by atoms with Gasteiger partial charge in [0.2, 0.25) is 0 Å². The normalized spacial score (nSPS) is 59.2. The summed E-state index contributed by atoms with van der Waals surface area (Å²) >= 11 is 2.92. The summed E-state index contributed by atoms with van der Waals surface area (Å²) in [6.45, 7) is 11.8. The van der Waals surface area contributed by atoms with Gasteiger partial charge in [-0.2, -0.15) is 0 Å². The molecule has 2 saturated heterocycles. The van der Waals surface area contributed by atoms with Crippen molar-refractivity contribution in [3.8, 4) is 0 Å². The number of piperidine rings is 1. The minimum absolute atomic E-state index is 0.542. The minimum atomic E-state index is 0.542. The Morgan fingerprint density at radius 2 is 1.79 bits per heavy atom. The average molecular weight is 508 g/mol. The zero-order chi connectivity index (χ0) is 20.1. The summed E-state index contributed by atoms with van der Waals surface area (Å²) in [4.78, 5) is 3.04. The van der Waals surface area contributed by atoms with E-state index in [1.165, 1.54) is 64.3 Å². The van der Waals surface area contributed by atoms with Crippen LogP contribution in [0.25, 0.3) is 0 Å². The van der Waals surface area contributed by atoms with Crippen molar-refractivity contribution in [1.82, 2.24) is 4.90 Å². The van der Waals surface area contributed by atoms with Crippen molar-refractivity contribution < 1.29 is 0 Å². The van der Waals surface area contributed by atoms with Gasteiger partial charge in [-0.3, -0.25) is 4.90 Å². The summed E-state index contributed by atoms with van der Waals surface area (Å²) in [5, 5.41) is 0. The van der Waals surface area contributed by atoms with Gasteiger partial charge < -0.3 is 0 Å². The second kappa shape index (κ2) is 6.72. The lowest BCUT2D eigenvalue weighted by Crippen LogP contribution is -2.51. The first-order valence-corrected chi connectivity index (χ1v) is 14.2. The van der Waals surface area contributed by atoms with E-state index < -0.39 is 0 Å². The van der Waals surface area contributed by atoms with E-state index in [4.69, 9.17) is 0 Å². The van der Waals surface area contributed by atoms with Crippen LogP contribution in [0.1, 0.15) is 85.5 Å². The largest absolute Gasteiger partial charge is 0.296 e. The monoisotopic (exact) mass is 507 g/mol. The van der Waals surface area contributed by atoms with Crippen LogP contribution in [-0.4, -0.2) is 27.5 Å². The van der Waals surface area contributed by atoms with Gasteiger partial charge in [0.1, 0.15) is 0 Å². The number of alkyl halides is 1. The first kappa shape index (κ1) is 20.1. The van der Waals surface area contributed by atoms with E-state index in [9.17, 15) is 0 Å². The van der Waals surface area contributed by atoms with E-state index in [2.05, 4.69) is 61.3 Å². The zero-order valence-electron chi connectivity index (χ0n) is 19.2. The number of halogens is 1. The molecule has 0 aromatic carbocycles. The molecule has 0 aromatic heterocycles. The maximum Gasteiger partial charge on any atom is 0.0314 e. The van der Waals surface area contributed by atoms with Crippen LogP contribution in [0.5, 0.6) is 0 Å². The van der Waals surface area contributed by atoms with Crippen molar-refractivity contribution >= 4 is 22.6 Å². The molecule has 9 unspecified atom stereocenters. The van der Waals surface area contributed by atoms with E-state index in [0.717, 1.165) is 51.5 Å². The average Bonchev–Trinajstić information content (AvgIpc) is 3.15. The smallest absolute Gasteiger partial charge is 0.0314 e. The molecule has 4 aliphatic carbocycles. The number of rotatable bonds is 0. The number of hydrogen-bond acceptors (Lipinski definition) is 1. The van der Waals surface area contributed by atoms with Gasteiger partial charge in [-0.25, -0.2) is 0 Å². The third-order valence-corrected chi connectivity index (χ3v) is 13.1. The molecule has 11 atom stereocenters. The van der Waals surface area contributed by atoms with Gasteiger partial charge in [-0.1, -0.05) is 61.9 Å². The molecule has 0 amide bonds. The molecule has 0 spiro atoms. The highest BCUT2D eigenvalue weighted by Crippen LogP contribution is 2.69. The van der Waals surface area contributed by atoms with E-state index in [1.54, 1.807) is 0 Å². The van der Waals surface area contributed by atoms with Crippen LogP contribution in [0.15, 0.2) is 11.6 Å². The highest BCUT2D eigenvalue weighted by Gasteiger charge is 2.66. The molecule has 2 heteroatoms. The van der Waals surface area contributed by atoms with Gasteiger partial charge >= 0.3 is 0 Å². The Kier molecular flexibility index (Phi) is 4.65. The summed E-state index contributed by atoms with van der Waals surface area (Å²) in [7, 11) is 0. The van der Waals surface area contributed by atoms with E-state index in [1.807, 2.05) is 5.57 Å². The molecule has 29 heavy (non-hydrogen) atoms. The van der Waals surface area contributed by atoms with Crippen LogP contribution in [0.2, 0.25) is 0 Å². The Balaban J connectivity index is 1.33. The van der Waals surface area contributed by atoms with E-state index in [0.29, 0.717) is 10.8 Å². The summed E-state index contributed by atoms with van der Waals surface area (Å²) in [5.41, 5.74) is 3.03. The third-order valence-electron chi connectivity index (χ3n) is 11.5. The van der Waals surface area contributed by atoms with Crippen molar-refractivity contribution in [2.75, 3.05) is 6.54 Å². The van der Waals surface area contributed by atoms with Crippen LogP contribution in [0.3, 0.4) is 0 Å². The number of allylic oxidation sites excluding steroid dienone is 2. The molecular formula is C27H42IN. The van der Waals surface area contributed by atoms with Crippen molar-refractivity contribution in [2.45, 2.75) is 101 Å². The first-order valence-electron chi connectivity index (χ1n) is 12.9. The summed E-state index contributed by atoms with van der Waals surface area (Å²) in [5.74, 6) is 5.75. The number of hydrogen-bond donors (Lipinski definition) is 0. The fraction of sp³-hybridized carbons (Fsp3) is 0.926. The van der Waals surface area contributed by atoms with E-state index in [-0.39, 0.29) is 0 Å². The van der Waals surface area contributed by atoms with Crippen molar-refractivity contribution in [3.63, 3.8) is 0 Å². The Morgan fingerprint density at radius 1 is 0.966 bits per heavy atom. The van der Waals surface area contributed by atoms with Crippen LogP contribution < -0.4 is 0 Å². The second-order valence-electron chi connectivity index (χ2n) is 12.9. The van der Waals surface area contributed by atoms with Gasteiger partial charge in [0.25, 0.3) is 0 Å². The fourth-order valence-electron chi connectivity index (χ4n) is 9.98. The lowest BCUT2D eigenvalue weighted by Gasteiger charge is -2.58. The molecule has 0 bridgehead atoms. The highest BCUT2D eigenvalue weighted by molar-refractivity contribution is 14.1. The Hall–Kier alpha value is 0.430. The van der Waals surface area contributed by atoms with Crippen LogP contribution >= 0.6 is 22.6 Å². The lowest BCUT2D eigenvalue weighted by atomic mass is 9.47. The maximum absolute atomic E-state index is 3.04. The second-order valence-corrected chi connectivity index (χ2v) is 14.3. The first-order chi connectivity index (χ1) is 13.8.